The highest BCUT2D eigenvalue weighted by atomic mass is 79.9. The number of para-hydroxylation sites is 1. The molecule has 0 amide bonds. The van der Waals surface area contributed by atoms with Crippen LogP contribution in [0.4, 0.5) is 0 Å². The van der Waals surface area contributed by atoms with E-state index in [1.165, 1.54) is 0 Å². The molecule has 6 heteroatoms. The molecule has 0 bridgehead atoms. The van der Waals surface area contributed by atoms with Crippen molar-refractivity contribution in [2.45, 2.75) is 19.4 Å². The number of hydrogen-bond acceptors (Lipinski definition) is 4. The van der Waals surface area contributed by atoms with Crippen molar-refractivity contribution in [1.82, 2.24) is 0 Å². The van der Waals surface area contributed by atoms with Crippen LogP contribution in [-0.4, -0.2) is 17.9 Å². The average Bonchev–Trinajstić information content (AvgIpc) is 2.58. The van der Waals surface area contributed by atoms with Gasteiger partial charge in [-0.1, -0.05) is 58.3 Å². The molecule has 120 valence electrons. The molecule has 0 fully saturated rings. The van der Waals surface area contributed by atoms with E-state index in [1.807, 2.05) is 37.3 Å². The zero-order valence-electron chi connectivity index (χ0n) is 12.6. The first kappa shape index (κ1) is 17.0. The Labute approximate surface area is 143 Å². The van der Waals surface area contributed by atoms with Crippen LogP contribution >= 0.6 is 15.9 Å². The molecule has 2 aromatic carbocycles. The fraction of sp³-hybridized carbons (Fsp3) is 0.176. The van der Waals surface area contributed by atoms with Gasteiger partial charge in [0.05, 0.1) is 0 Å². The molecular weight excluding hydrogens is 360 g/mol. The van der Waals surface area contributed by atoms with Gasteiger partial charge in [0.15, 0.2) is 11.9 Å². The second-order valence-electron chi connectivity index (χ2n) is 4.72. The molecule has 0 aromatic heterocycles. The molecule has 0 saturated carbocycles. The van der Waals surface area contributed by atoms with Gasteiger partial charge < -0.3 is 15.3 Å². The second kappa shape index (κ2) is 8.33. The maximum atomic E-state index is 12.1. The average molecular weight is 377 g/mol. The van der Waals surface area contributed by atoms with Crippen molar-refractivity contribution in [3.63, 3.8) is 0 Å². The van der Waals surface area contributed by atoms with E-state index in [0.717, 1.165) is 4.47 Å². The lowest BCUT2D eigenvalue weighted by Crippen LogP contribution is -2.28. The van der Waals surface area contributed by atoms with E-state index in [1.54, 1.807) is 24.3 Å². The first-order valence-electron chi connectivity index (χ1n) is 7.12. The molecule has 1 atom stereocenters. The number of hydrogen-bond donors (Lipinski definition) is 1. The molecule has 0 aliphatic rings. The number of halogens is 1. The van der Waals surface area contributed by atoms with Gasteiger partial charge in [-0.3, -0.25) is 0 Å². The summed E-state index contributed by atoms with van der Waals surface area (Å²) < 4.78 is 6.51. The topological polar surface area (TPSA) is 73.9 Å². The Morgan fingerprint density at radius 2 is 1.83 bits per heavy atom. The largest absolute Gasteiger partial charge is 0.479 e. The van der Waals surface area contributed by atoms with Crippen LogP contribution in [0, 0.1) is 0 Å². The summed E-state index contributed by atoms with van der Waals surface area (Å²) in [5.74, 6) is 0.137. The molecule has 2 rings (SSSR count). The van der Waals surface area contributed by atoms with E-state index >= 15 is 0 Å². The third-order valence-corrected chi connectivity index (χ3v) is 3.56. The number of carbonyl (C=O) groups excluding carboxylic acids is 1. The Morgan fingerprint density at radius 3 is 2.43 bits per heavy atom. The van der Waals surface area contributed by atoms with Crippen molar-refractivity contribution in [2.24, 2.45) is 10.9 Å². The highest BCUT2D eigenvalue weighted by molar-refractivity contribution is 9.10. The maximum Gasteiger partial charge on any atom is 0.375 e. The van der Waals surface area contributed by atoms with Crippen molar-refractivity contribution in [2.75, 3.05) is 0 Å². The highest BCUT2D eigenvalue weighted by Crippen LogP contribution is 2.14. The standard InChI is InChI=1S/C17H17BrN2O3/c1-2-15(22-14-6-4-3-5-7-14)17(21)23-20-16(19)12-8-10-13(18)11-9-12/h3-11,15H,2H2,1H3,(H2,19,20)/t15-/m0/s1. The molecule has 0 heterocycles. The lowest BCUT2D eigenvalue weighted by molar-refractivity contribution is -0.152. The summed E-state index contributed by atoms with van der Waals surface area (Å²) in [6, 6.07) is 16.3. The summed E-state index contributed by atoms with van der Waals surface area (Å²) in [6.07, 6.45) is -0.277. The van der Waals surface area contributed by atoms with Gasteiger partial charge in [-0.2, -0.15) is 0 Å². The predicted molar refractivity (Wildman–Crippen MR) is 92.1 cm³/mol. The summed E-state index contributed by atoms with van der Waals surface area (Å²) in [5, 5.41) is 3.68. The fourth-order valence-electron chi connectivity index (χ4n) is 1.79. The Morgan fingerprint density at radius 1 is 1.17 bits per heavy atom. The zero-order chi connectivity index (χ0) is 16.7. The maximum absolute atomic E-state index is 12.1. The minimum atomic E-state index is -0.737. The number of nitrogens with zero attached hydrogens (tertiary/aromatic N) is 1. The Balaban J connectivity index is 1.98. The highest BCUT2D eigenvalue weighted by Gasteiger charge is 2.20. The van der Waals surface area contributed by atoms with Gasteiger partial charge in [-0.15, -0.1) is 0 Å². The molecule has 0 saturated heterocycles. The SMILES string of the molecule is CC[C@H](Oc1ccccc1)C(=O)O/N=C(/N)c1ccc(Br)cc1. The molecule has 2 aromatic rings. The normalized spacial score (nSPS) is 12.5. The van der Waals surface area contributed by atoms with Crippen molar-refractivity contribution in [3.8, 4) is 5.75 Å². The minimum absolute atomic E-state index is 0.125. The summed E-state index contributed by atoms with van der Waals surface area (Å²) in [6.45, 7) is 1.83. The molecule has 0 unspecified atom stereocenters. The van der Waals surface area contributed by atoms with Crippen molar-refractivity contribution in [1.29, 1.82) is 0 Å². The van der Waals surface area contributed by atoms with Crippen LogP contribution in [0.25, 0.3) is 0 Å². The number of nitrogens with two attached hydrogens (primary N) is 1. The Hall–Kier alpha value is -2.34. The van der Waals surface area contributed by atoms with Crippen molar-refractivity contribution in [3.05, 3.63) is 64.6 Å². The predicted octanol–water partition coefficient (Wildman–Crippen LogP) is 3.47. The lowest BCUT2D eigenvalue weighted by Gasteiger charge is -2.14. The third-order valence-electron chi connectivity index (χ3n) is 3.03. The molecular formula is C17H17BrN2O3. The summed E-state index contributed by atoms with van der Waals surface area (Å²) in [7, 11) is 0. The lowest BCUT2D eigenvalue weighted by atomic mass is 10.2. The van der Waals surface area contributed by atoms with Crippen molar-refractivity contribution >= 4 is 27.7 Å². The van der Waals surface area contributed by atoms with Crippen LogP contribution in [-0.2, 0) is 9.63 Å². The number of oxime groups is 1. The zero-order valence-corrected chi connectivity index (χ0v) is 14.2. The van der Waals surface area contributed by atoms with Crippen LogP contribution in [0.1, 0.15) is 18.9 Å². The quantitative estimate of drug-likeness (QED) is 0.362. The van der Waals surface area contributed by atoms with Gasteiger partial charge in [0.25, 0.3) is 0 Å². The van der Waals surface area contributed by atoms with Crippen LogP contribution in [0.2, 0.25) is 0 Å². The fourth-order valence-corrected chi connectivity index (χ4v) is 2.05. The van der Waals surface area contributed by atoms with Gasteiger partial charge in [0.1, 0.15) is 5.75 Å². The molecule has 0 radical (unpaired) electrons. The number of benzene rings is 2. The Kier molecular flexibility index (Phi) is 6.17. The number of amidine groups is 1. The van der Waals surface area contributed by atoms with Gasteiger partial charge in [0, 0.05) is 10.0 Å². The van der Waals surface area contributed by atoms with E-state index in [0.29, 0.717) is 17.7 Å². The van der Waals surface area contributed by atoms with E-state index in [2.05, 4.69) is 21.1 Å². The van der Waals surface area contributed by atoms with Gasteiger partial charge in [-0.25, -0.2) is 4.79 Å². The number of ether oxygens (including phenoxy) is 1. The van der Waals surface area contributed by atoms with E-state index < -0.39 is 12.1 Å². The Bertz CT molecular complexity index is 672. The van der Waals surface area contributed by atoms with E-state index in [9.17, 15) is 4.79 Å². The van der Waals surface area contributed by atoms with Crippen LogP contribution < -0.4 is 10.5 Å². The molecule has 0 aliphatic heterocycles. The van der Waals surface area contributed by atoms with E-state index in [4.69, 9.17) is 15.3 Å². The van der Waals surface area contributed by atoms with Crippen LogP contribution in [0.5, 0.6) is 5.75 Å². The third kappa shape index (κ3) is 5.10. The summed E-state index contributed by atoms with van der Waals surface area (Å²) in [5.41, 5.74) is 6.47. The van der Waals surface area contributed by atoms with Gasteiger partial charge in [0.2, 0.25) is 0 Å². The second-order valence-corrected chi connectivity index (χ2v) is 5.64. The monoisotopic (exact) mass is 376 g/mol. The van der Waals surface area contributed by atoms with Crippen LogP contribution in [0.3, 0.4) is 0 Å². The van der Waals surface area contributed by atoms with E-state index in [-0.39, 0.29) is 5.84 Å². The van der Waals surface area contributed by atoms with Gasteiger partial charge in [-0.05, 0) is 30.7 Å². The molecule has 0 aliphatic carbocycles. The van der Waals surface area contributed by atoms with Crippen LogP contribution in [0.15, 0.2) is 64.2 Å². The summed E-state index contributed by atoms with van der Waals surface area (Å²) in [4.78, 5) is 17.0. The van der Waals surface area contributed by atoms with Crippen molar-refractivity contribution < 1.29 is 14.4 Å². The molecule has 2 N–H and O–H groups in total. The van der Waals surface area contributed by atoms with Gasteiger partial charge >= 0.3 is 5.97 Å². The minimum Gasteiger partial charge on any atom is -0.479 e. The molecule has 5 nitrogen and oxygen atoms in total. The number of rotatable bonds is 6. The first-order valence-corrected chi connectivity index (χ1v) is 7.91. The molecule has 23 heavy (non-hydrogen) atoms. The first-order chi connectivity index (χ1) is 11.1. The number of carbonyl (C=O) groups is 1. The molecule has 0 spiro atoms. The summed E-state index contributed by atoms with van der Waals surface area (Å²) >= 11 is 3.33. The smallest absolute Gasteiger partial charge is 0.375 e.